The lowest BCUT2D eigenvalue weighted by atomic mass is 9.85. The molecular weight excluding hydrogens is 1070 g/mol. The Hall–Kier alpha value is -10.4. The average Bonchev–Trinajstić information content (AvgIpc) is 1.86. The number of anilines is 12. The molecule has 434 valence electrons. The van der Waals surface area contributed by atoms with E-state index in [1.165, 1.54) is 16.7 Å². The molecule has 0 fully saturated rings. The van der Waals surface area contributed by atoms with E-state index in [4.69, 9.17) is 15.0 Å². The number of benzene rings is 9. The van der Waals surface area contributed by atoms with Gasteiger partial charge in [0.15, 0.2) is 0 Å². The van der Waals surface area contributed by atoms with E-state index in [-0.39, 0.29) is 16.2 Å². The van der Waals surface area contributed by atoms with Crippen molar-refractivity contribution in [2.24, 2.45) is 0 Å². The predicted molar refractivity (Wildman–Crippen MR) is 371 cm³/mol. The lowest BCUT2D eigenvalue weighted by Crippen LogP contribution is -2.16. The largest absolute Gasteiger partial charge is 0.310 e. The third-order valence-electron chi connectivity index (χ3n) is 16.3. The van der Waals surface area contributed by atoms with Gasteiger partial charge in [-0.2, -0.15) is 0 Å². The Kier molecular flexibility index (Phi) is 16.2. The first-order valence-corrected chi connectivity index (χ1v) is 30.4. The average molecular weight is 1150 g/mol. The van der Waals surface area contributed by atoms with Crippen molar-refractivity contribution in [2.75, 3.05) is 19.6 Å². The summed E-state index contributed by atoms with van der Waals surface area (Å²) in [5.41, 5.74) is 19.0. The van der Waals surface area contributed by atoms with Gasteiger partial charge in [0.2, 0.25) is 0 Å². The number of para-hydroxylation sites is 6. The first-order valence-electron chi connectivity index (χ1n) is 30.4. The van der Waals surface area contributed by atoms with Crippen LogP contribution in [0.3, 0.4) is 0 Å². The normalized spacial score (nSPS) is 11.7. The maximum atomic E-state index is 5.41. The summed E-state index contributed by atoms with van der Waals surface area (Å²) in [5.74, 6) is 2.01. The van der Waals surface area contributed by atoms with Gasteiger partial charge in [-0.25, -0.2) is 15.0 Å². The van der Waals surface area contributed by atoms with Gasteiger partial charge in [-0.05, 0) is 179 Å². The molecule has 0 aliphatic heterocycles. The molecule has 0 bridgehead atoms. The van der Waals surface area contributed by atoms with E-state index in [9.17, 15) is 0 Å². The smallest absolute Gasteiger partial charge is 0.139 e. The summed E-state index contributed by atoms with van der Waals surface area (Å²) < 4.78 is 0. The van der Waals surface area contributed by atoms with Crippen LogP contribution in [0.5, 0.6) is 0 Å². The van der Waals surface area contributed by atoms with Gasteiger partial charge in [-0.3, -0.25) is 4.90 Å². The monoisotopic (exact) mass is 1150 g/mol. The Morgan fingerprint density at radius 2 is 0.443 bits per heavy atom. The third kappa shape index (κ3) is 12.4. The van der Waals surface area contributed by atoms with Gasteiger partial charge in [0, 0.05) is 86.1 Å². The second kappa shape index (κ2) is 24.5. The molecule has 0 atom stereocenters. The van der Waals surface area contributed by atoms with Crippen LogP contribution < -0.4 is 19.6 Å². The van der Waals surface area contributed by atoms with Crippen LogP contribution >= 0.6 is 0 Å². The molecule has 0 aliphatic carbocycles. The summed E-state index contributed by atoms with van der Waals surface area (Å²) in [7, 11) is 0. The fourth-order valence-corrected chi connectivity index (χ4v) is 11.4. The Balaban J connectivity index is 1.02. The molecule has 0 spiro atoms. The van der Waals surface area contributed by atoms with Crippen molar-refractivity contribution in [1.82, 2.24) is 15.0 Å². The third-order valence-corrected chi connectivity index (χ3v) is 16.3. The van der Waals surface area contributed by atoms with E-state index >= 15 is 0 Å². The highest BCUT2D eigenvalue weighted by Crippen LogP contribution is 2.47. The summed E-state index contributed by atoms with van der Waals surface area (Å²) in [6.07, 6.45) is 6.01. The van der Waals surface area contributed by atoms with Gasteiger partial charge in [-0.1, -0.05) is 190 Å². The fourth-order valence-electron chi connectivity index (χ4n) is 11.4. The minimum Gasteiger partial charge on any atom is -0.310 e. The SMILES string of the molecule is CC(C)(C)c1ccc(N(c2ccccc2)c2ccccc2)c(-c2ccc(N(c3ccc(-c4cc(C(C)(C)C)ccc4N(c4ccccc4)c4ccccc4)cn3)c3ccc(-c4cc(C(C)(C)C)ccc4N(c4ccccc4)c4ccccc4)cn3)nc2)c1. The van der Waals surface area contributed by atoms with Crippen molar-refractivity contribution in [3.8, 4) is 33.4 Å². The molecule has 0 amide bonds. The first-order chi connectivity index (χ1) is 42.6. The van der Waals surface area contributed by atoms with Crippen LogP contribution in [0.4, 0.5) is 68.6 Å². The summed E-state index contributed by atoms with van der Waals surface area (Å²) >= 11 is 0. The number of pyridine rings is 3. The van der Waals surface area contributed by atoms with E-state index < -0.39 is 0 Å². The van der Waals surface area contributed by atoms with E-state index in [2.05, 4.69) is 355 Å². The van der Waals surface area contributed by atoms with Crippen molar-refractivity contribution >= 4 is 68.6 Å². The molecular formula is C81H75N7. The molecule has 12 rings (SSSR count). The van der Waals surface area contributed by atoms with Crippen molar-refractivity contribution in [3.63, 3.8) is 0 Å². The molecule has 0 radical (unpaired) electrons. The van der Waals surface area contributed by atoms with Gasteiger partial charge in [0.25, 0.3) is 0 Å². The van der Waals surface area contributed by atoms with E-state index in [1.54, 1.807) is 0 Å². The van der Waals surface area contributed by atoms with Crippen LogP contribution in [0.1, 0.15) is 79.0 Å². The Bertz CT molecular complexity index is 3710. The molecule has 0 N–H and O–H groups in total. The lowest BCUT2D eigenvalue weighted by Gasteiger charge is -2.30. The summed E-state index contributed by atoms with van der Waals surface area (Å²) in [6.45, 7) is 20.4. The van der Waals surface area contributed by atoms with Crippen molar-refractivity contribution in [1.29, 1.82) is 0 Å². The van der Waals surface area contributed by atoms with E-state index in [1.807, 2.05) is 18.6 Å². The molecule has 12 aromatic rings. The van der Waals surface area contributed by atoms with Gasteiger partial charge in [0.05, 0.1) is 17.1 Å². The minimum absolute atomic E-state index is 0.107. The van der Waals surface area contributed by atoms with Crippen LogP contribution in [0.2, 0.25) is 0 Å². The number of hydrogen-bond donors (Lipinski definition) is 0. The van der Waals surface area contributed by atoms with E-state index in [0.29, 0.717) is 17.5 Å². The summed E-state index contributed by atoms with van der Waals surface area (Å²) in [5, 5.41) is 0. The molecule has 0 saturated heterocycles. The second-order valence-corrected chi connectivity index (χ2v) is 25.5. The van der Waals surface area contributed by atoms with Crippen LogP contribution in [0.25, 0.3) is 33.4 Å². The number of hydrogen-bond acceptors (Lipinski definition) is 7. The number of nitrogens with zero attached hydrogens (tertiary/aromatic N) is 7. The van der Waals surface area contributed by atoms with E-state index in [0.717, 1.165) is 84.6 Å². The van der Waals surface area contributed by atoms with Crippen LogP contribution in [-0.4, -0.2) is 15.0 Å². The standard InChI is InChI=1S/C81H75N7/c1-79(2,3)61-43-46-73(85(64-28-16-10-17-29-64)65-30-18-11-19-31-65)70(52-61)58-40-49-76(82-55-58)88(77-50-41-59(56-83-77)71-53-62(80(4,5)6)44-47-74(71)86(66-32-20-12-21-33-66)67-34-22-13-23-35-67)78-51-42-60(57-84-78)72-54-63(81(7,8)9)45-48-75(72)87(68-36-24-14-25-37-68)69-38-26-15-27-39-69/h10-57H,1-9H3. The number of rotatable bonds is 15. The molecule has 7 heteroatoms. The quantitative estimate of drug-likeness (QED) is 0.101. The number of aromatic nitrogens is 3. The summed E-state index contributed by atoms with van der Waals surface area (Å²) in [4.78, 5) is 25.3. The van der Waals surface area contributed by atoms with Gasteiger partial charge < -0.3 is 14.7 Å². The zero-order chi connectivity index (χ0) is 61.0. The topological polar surface area (TPSA) is 51.6 Å². The summed E-state index contributed by atoms with van der Waals surface area (Å²) in [6, 6.07) is 97.0. The molecule has 3 aromatic heterocycles. The van der Waals surface area contributed by atoms with Crippen LogP contribution in [-0.2, 0) is 16.2 Å². The van der Waals surface area contributed by atoms with Crippen LogP contribution in [0.15, 0.2) is 292 Å². The second-order valence-electron chi connectivity index (χ2n) is 25.5. The molecule has 0 saturated carbocycles. The molecule has 9 aromatic carbocycles. The Labute approximate surface area is 520 Å². The zero-order valence-electron chi connectivity index (χ0n) is 51.8. The van der Waals surface area contributed by atoms with Gasteiger partial charge in [-0.15, -0.1) is 0 Å². The fraction of sp³-hybridized carbons (Fsp3) is 0.148. The van der Waals surface area contributed by atoms with Gasteiger partial charge >= 0.3 is 0 Å². The molecule has 88 heavy (non-hydrogen) atoms. The highest BCUT2D eigenvalue weighted by molar-refractivity contribution is 5.92. The first kappa shape index (κ1) is 58.0. The molecule has 0 aliphatic rings. The Morgan fingerprint density at radius 1 is 0.227 bits per heavy atom. The molecule has 7 nitrogen and oxygen atoms in total. The zero-order valence-corrected chi connectivity index (χ0v) is 51.8. The van der Waals surface area contributed by atoms with Crippen molar-refractivity contribution in [2.45, 2.75) is 78.6 Å². The lowest BCUT2D eigenvalue weighted by molar-refractivity contribution is 0.590. The molecule has 0 unspecified atom stereocenters. The maximum absolute atomic E-state index is 5.41. The Morgan fingerprint density at radius 3 is 0.625 bits per heavy atom. The van der Waals surface area contributed by atoms with Crippen molar-refractivity contribution < 1.29 is 0 Å². The van der Waals surface area contributed by atoms with Gasteiger partial charge in [0.1, 0.15) is 17.5 Å². The maximum Gasteiger partial charge on any atom is 0.139 e. The predicted octanol–water partition coefficient (Wildman–Crippen LogP) is 22.6. The molecule has 3 heterocycles. The van der Waals surface area contributed by atoms with Crippen LogP contribution in [0, 0.1) is 0 Å². The minimum atomic E-state index is -0.107. The highest BCUT2D eigenvalue weighted by atomic mass is 15.3. The van der Waals surface area contributed by atoms with Crippen molar-refractivity contribution in [3.05, 3.63) is 308 Å². The highest BCUT2D eigenvalue weighted by Gasteiger charge is 2.27.